The predicted molar refractivity (Wildman–Crippen MR) is 143 cm³/mol. The normalized spacial score (nSPS) is 12.3. The summed E-state index contributed by atoms with van der Waals surface area (Å²) in [6.07, 6.45) is 1.54. The minimum absolute atomic E-state index is 0. The zero-order valence-electron chi connectivity index (χ0n) is 21.7. The van der Waals surface area contributed by atoms with E-state index in [-0.39, 0.29) is 19.6 Å². The average molecular weight is 521 g/mol. The van der Waals surface area contributed by atoms with Crippen LogP contribution in [-0.4, -0.2) is 49.0 Å². The minimum Gasteiger partial charge on any atom is -0.481 e. The first kappa shape index (κ1) is 34.2. The van der Waals surface area contributed by atoms with Crippen LogP contribution in [0, 0.1) is 11.8 Å². The third-order valence-corrected chi connectivity index (χ3v) is 5.60. The fraction of sp³-hybridized carbons (Fsp3) is 0.517. The van der Waals surface area contributed by atoms with Crippen molar-refractivity contribution in [1.29, 1.82) is 0 Å². The molecule has 2 rings (SSSR count). The predicted octanol–water partition coefficient (Wildman–Crippen LogP) is 5.99. The van der Waals surface area contributed by atoms with Gasteiger partial charge in [0.2, 0.25) is 0 Å². The quantitative estimate of drug-likeness (QED) is 0.260. The molecule has 0 aliphatic carbocycles. The molecule has 0 aromatic heterocycles. The molecule has 0 amide bonds. The number of carbonyl (C=O) groups is 2. The van der Waals surface area contributed by atoms with E-state index in [1.165, 1.54) is 0 Å². The SMILES string of the molecule is C.COC(CC[C@H](C)C(=O)O)OC.C[C@@H](CCC(OCc1ccccc1)OCc1ccccc1)C(=O)O. The van der Waals surface area contributed by atoms with Crippen molar-refractivity contribution in [3.8, 4) is 0 Å². The van der Waals surface area contributed by atoms with Crippen LogP contribution in [0.25, 0.3) is 0 Å². The maximum Gasteiger partial charge on any atom is 0.306 e. The molecule has 208 valence electrons. The van der Waals surface area contributed by atoms with Crippen molar-refractivity contribution < 1.29 is 38.7 Å². The Balaban J connectivity index is 0.000000851. The summed E-state index contributed by atoms with van der Waals surface area (Å²) in [6.45, 7) is 4.27. The van der Waals surface area contributed by atoms with Gasteiger partial charge in [-0.1, -0.05) is 81.9 Å². The third kappa shape index (κ3) is 15.8. The number of methoxy groups -OCH3 is 2. The average Bonchev–Trinajstić information content (AvgIpc) is 2.89. The minimum atomic E-state index is -0.792. The number of aliphatic carboxylic acids is 2. The first-order valence-electron chi connectivity index (χ1n) is 12.1. The van der Waals surface area contributed by atoms with E-state index in [0.29, 0.717) is 38.9 Å². The highest BCUT2D eigenvalue weighted by Gasteiger charge is 2.17. The summed E-state index contributed by atoms with van der Waals surface area (Å²) in [7, 11) is 3.08. The van der Waals surface area contributed by atoms with Gasteiger partial charge in [0.15, 0.2) is 12.6 Å². The molecule has 2 atom stereocenters. The maximum atomic E-state index is 11.0. The monoisotopic (exact) mass is 520 g/mol. The highest BCUT2D eigenvalue weighted by molar-refractivity contribution is 5.69. The number of carboxylic acids is 2. The number of benzene rings is 2. The van der Waals surface area contributed by atoms with Crippen molar-refractivity contribution in [3.05, 3.63) is 71.8 Å². The van der Waals surface area contributed by atoms with Gasteiger partial charge in [-0.15, -0.1) is 0 Å². The molecule has 0 spiro atoms. The van der Waals surface area contributed by atoms with Gasteiger partial charge in [0.1, 0.15) is 0 Å². The molecule has 37 heavy (non-hydrogen) atoms. The summed E-state index contributed by atoms with van der Waals surface area (Å²) in [5.41, 5.74) is 2.13. The van der Waals surface area contributed by atoms with Gasteiger partial charge in [-0.2, -0.15) is 0 Å². The van der Waals surface area contributed by atoms with Gasteiger partial charge in [0, 0.05) is 14.2 Å². The number of hydrogen-bond donors (Lipinski definition) is 2. The van der Waals surface area contributed by atoms with Gasteiger partial charge in [0.05, 0.1) is 25.0 Å². The third-order valence-electron chi connectivity index (χ3n) is 5.60. The van der Waals surface area contributed by atoms with E-state index < -0.39 is 24.1 Å². The molecule has 8 nitrogen and oxygen atoms in total. The van der Waals surface area contributed by atoms with Crippen molar-refractivity contribution in [2.45, 2.75) is 72.8 Å². The van der Waals surface area contributed by atoms with Crippen LogP contribution >= 0.6 is 0 Å². The molecule has 0 aliphatic heterocycles. The van der Waals surface area contributed by atoms with Crippen LogP contribution in [0.5, 0.6) is 0 Å². The van der Waals surface area contributed by atoms with Gasteiger partial charge in [-0.25, -0.2) is 0 Å². The Bertz CT molecular complexity index is 796. The fourth-order valence-electron chi connectivity index (χ4n) is 3.09. The van der Waals surface area contributed by atoms with E-state index >= 15 is 0 Å². The molecule has 0 fully saturated rings. The standard InChI is InChI=1S/C20H24O4.C8H16O4.CH4/c1-16(20(21)22)12-13-19(23-14-17-8-4-2-5-9-17)24-15-18-10-6-3-7-11-18;1-6(8(9)10)4-5-7(11-2)12-3;/h2-11,16,19H,12-15H2,1H3,(H,21,22);6-7H,4-5H2,1-3H3,(H,9,10);1H4/t16-;6-;/m00./s1. The molecular formula is C29H44O8. The van der Waals surface area contributed by atoms with E-state index in [1.807, 2.05) is 60.7 Å². The van der Waals surface area contributed by atoms with Crippen molar-refractivity contribution in [3.63, 3.8) is 0 Å². The van der Waals surface area contributed by atoms with E-state index in [9.17, 15) is 9.59 Å². The van der Waals surface area contributed by atoms with Crippen LogP contribution in [0.15, 0.2) is 60.7 Å². The first-order valence-corrected chi connectivity index (χ1v) is 12.1. The fourth-order valence-corrected chi connectivity index (χ4v) is 3.09. The van der Waals surface area contributed by atoms with Crippen LogP contribution in [-0.2, 0) is 41.8 Å². The Kier molecular flexibility index (Phi) is 18.8. The van der Waals surface area contributed by atoms with Gasteiger partial charge in [0.25, 0.3) is 0 Å². The number of hydrogen-bond acceptors (Lipinski definition) is 6. The van der Waals surface area contributed by atoms with Gasteiger partial charge < -0.3 is 29.2 Å². The summed E-state index contributed by atoms with van der Waals surface area (Å²) in [6, 6.07) is 19.7. The number of ether oxygens (including phenoxy) is 4. The van der Waals surface area contributed by atoms with Crippen LogP contribution in [0.3, 0.4) is 0 Å². The summed E-state index contributed by atoms with van der Waals surface area (Å²) in [4.78, 5) is 21.4. The Morgan fingerprint density at radius 3 is 1.32 bits per heavy atom. The van der Waals surface area contributed by atoms with Gasteiger partial charge in [-0.3, -0.25) is 9.59 Å². The molecule has 0 heterocycles. The van der Waals surface area contributed by atoms with Crippen LogP contribution in [0.1, 0.15) is 58.1 Å². The highest BCUT2D eigenvalue weighted by atomic mass is 16.7. The highest BCUT2D eigenvalue weighted by Crippen LogP contribution is 2.16. The van der Waals surface area contributed by atoms with Gasteiger partial charge in [-0.05, 0) is 36.8 Å². The lowest BCUT2D eigenvalue weighted by Crippen LogP contribution is -2.20. The van der Waals surface area contributed by atoms with E-state index in [4.69, 9.17) is 29.2 Å². The molecule has 2 N–H and O–H groups in total. The molecule has 0 saturated carbocycles. The molecule has 0 aliphatic rings. The van der Waals surface area contributed by atoms with E-state index in [2.05, 4.69) is 0 Å². The lowest BCUT2D eigenvalue weighted by atomic mass is 10.1. The molecule has 2 aromatic rings. The van der Waals surface area contributed by atoms with Crippen molar-refractivity contribution in [2.24, 2.45) is 11.8 Å². The number of rotatable bonds is 16. The van der Waals surface area contributed by atoms with Crippen molar-refractivity contribution in [1.82, 2.24) is 0 Å². The molecule has 0 bridgehead atoms. The summed E-state index contributed by atoms with van der Waals surface area (Å²) in [5.74, 6) is -2.31. The molecule has 0 radical (unpaired) electrons. The molecular weight excluding hydrogens is 476 g/mol. The van der Waals surface area contributed by atoms with Crippen LogP contribution < -0.4 is 0 Å². The second-order valence-corrected chi connectivity index (χ2v) is 8.56. The lowest BCUT2D eigenvalue weighted by molar-refractivity contribution is -0.163. The first-order chi connectivity index (χ1) is 17.3. The zero-order valence-corrected chi connectivity index (χ0v) is 21.7. The Labute approximate surface area is 221 Å². The van der Waals surface area contributed by atoms with Crippen LogP contribution in [0.4, 0.5) is 0 Å². The lowest BCUT2D eigenvalue weighted by Gasteiger charge is -2.20. The largest absolute Gasteiger partial charge is 0.481 e. The summed E-state index contributed by atoms with van der Waals surface area (Å²) in [5, 5.41) is 17.6. The maximum absolute atomic E-state index is 11.0. The van der Waals surface area contributed by atoms with Crippen molar-refractivity contribution in [2.75, 3.05) is 14.2 Å². The molecule has 8 heteroatoms. The second-order valence-electron chi connectivity index (χ2n) is 8.56. The summed E-state index contributed by atoms with van der Waals surface area (Å²) >= 11 is 0. The zero-order chi connectivity index (χ0) is 26.8. The number of carboxylic acid groups (broad SMARTS) is 2. The Morgan fingerprint density at radius 2 is 1.00 bits per heavy atom. The molecule has 0 saturated heterocycles. The second kappa shape index (κ2) is 20.3. The van der Waals surface area contributed by atoms with Crippen molar-refractivity contribution >= 4 is 11.9 Å². The Hall–Kier alpha value is -2.78. The molecule has 0 unspecified atom stereocenters. The van der Waals surface area contributed by atoms with Gasteiger partial charge >= 0.3 is 11.9 Å². The van der Waals surface area contributed by atoms with Crippen LogP contribution in [0.2, 0.25) is 0 Å². The Morgan fingerprint density at radius 1 is 0.649 bits per heavy atom. The van der Waals surface area contributed by atoms with E-state index in [1.54, 1.807) is 28.1 Å². The summed E-state index contributed by atoms with van der Waals surface area (Å²) < 4.78 is 21.6. The van der Waals surface area contributed by atoms with E-state index in [0.717, 1.165) is 11.1 Å². The molecule has 2 aromatic carbocycles. The smallest absolute Gasteiger partial charge is 0.306 e. The topological polar surface area (TPSA) is 112 Å².